The average Bonchev–Trinajstić information content (AvgIpc) is 3.40. The van der Waals surface area contributed by atoms with E-state index < -0.39 is 0 Å². The van der Waals surface area contributed by atoms with Gasteiger partial charge in [0.25, 0.3) is 0 Å². The molecule has 0 amide bonds. The van der Waals surface area contributed by atoms with Crippen LogP contribution in [0.1, 0.15) is 89.4 Å². The standard InChI is InChI=1S/C43H37NO2/c1-22(2)26-9-7-10-27(23(3)4)35(26)21-39(46)33-18-17-31-36-20-38-41(32-14-13-24(5)19-37(32)44-38)34-12-8-11-29(40(34)36)30-16-15-28(25(6)45)42(33)43(30)31/h7-20,22-23,44H,21H2,1-6H3. The van der Waals surface area contributed by atoms with E-state index in [2.05, 4.69) is 112 Å². The number of hydrogen-bond acceptors (Lipinski definition) is 2. The van der Waals surface area contributed by atoms with Crippen LogP contribution < -0.4 is 0 Å². The van der Waals surface area contributed by atoms with Gasteiger partial charge < -0.3 is 4.98 Å². The molecule has 1 N–H and O–H groups in total. The van der Waals surface area contributed by atoms with Gasteiger partial charge in [0.2, 0.25) is 0 Å². The van der Waals surface area contributed by atoms with Crippen LogP contribution in [0.5, 0.6) is 0 Å². The lowest BCUT2D eigenvalue weighted by Crippen LogP contribution is -2.12. The van der Waals surface area contributed by atoms with Gasteiger partial charge in [-0.05, 0) is 97.8 Å². The van der Waals surface area contributed by atoms with Crippen LogP contribution in [0.2, 0.25) is 0 Å². The molecular weight excluding hydrogens is 562 g/mol. The van der Waals surface area contributed by atoms with E-state index in [4.69, 9.17) is 0 Å². The number of rotatable bonds is 6. The molecule has 0 aliphatic heterocycles. The van der Waals surface area contributed by atoms with Gasteiger partial charge in [-0.2, -0.15) is 0 Å². The van der Waals surface area contributed by atoms with E-state index in [1.54, 1.807) is 6.92 Å². The summed E-state index contributed by atoms with van der Waals surface area (Å²) in [5.74, 6) is 0.612. The zero-order valence-corrected chi connectivity index (χ0v) is 27.3. The molecule has 0 aliphatic carbocycles. The summed E-state index contributed by atoms with van der Waals surface area (Å²) in [5, 5.41) is 11.0. The minimum Gasteiger partial charge on any atom is -0.354 e. The number of aromatic nitrogens is 1. The minimum absolute atomic E-state index is 0.0337. The number of fused-ring (bicyclic) bond motifs is 6. The average molecular weight is 600 g/mol. The number of aromatic amines is 1. The first-order chi connectivity index (χ1) is 22.1. The van der Waals surface area contributed by atoms with Gasteiger partial charge >= 0.3 is 0 Å². The Morgan fingerprint density at radius 3 is 1.89 bits per heavy atom. The van der Waals surface area contributed by atoms with Crippen LogP contribution in [0.15, 0.2) is 84.9 Å². The molecule has 226 valence electrons. The summed E-state index contributed by atoms with van der Waals surface area (Å²) in [7, 11) is 0. The molecular formula is C43H37NO2. The van der Waals surface area contributed by atoms with Crippen molar-refractivity contribution >= 4 is 76.5 Å². The highest BCUT2D eigenvalue weighted by Crippen LogP contribution is 2.46. The number of carbonyl (C=O) groups excluding carboxylic acids is 2. The molecule has 3 heteroatoms. The summed E-state index contributed by atoms with van der Waals surface area (Å²) < 4.78 is 0. The molecule has 0 saturated carbocycles. The van der Waals surface area contributed by atoms with Crippen LogP contribution in [0.3, 0.4) is 0 Å². The van der Waals surface area contributed by atoms with Gasteiger partial charge in [-0.1, -0.05) is 100 Å². The van der Waals surface area contributed by atoms with Crippen molar-refractivity contribution in [3.63, 3.8) is 0 Å². The lowest BCUT2D eigenvalue weighted by molar-refractivity contribution is 0.0993. The van der Waals surface area contributed by atoms with Gasteiger partial charge in [-0.15, -0.1) is 0 Å². The number of Topliss-reactive ketones (excluding diaryl/α,β-unsaturated/α-hetero) is 2. The van der Waals surface area contributed by atoms with Crippen molar-refractivity contribution in [1.82, 2.24) is 4.98 Å². The molecule has 0 radical (unpaired) electrons. The molecule has 3 nitrogen and oxygen atoms in total. The first-order valence-electron chi connectivity index (χ1n) is 16.4. The van der Waals surface area contributed by atoms with E-state index in [9.17, 15) is 9.59 Å². The first kappa shape index (κ1) is 28.5. The lowest BCUT2D eigenvalue weighted by atomic mass is 9.82. The number of hydrogen-bond donors (Lipinski definition) is 1. The molecule has 0 fully saturated rings. The van der Waals surface area contributed by atoms with Gasteiger partial charge in [0, 0.05) is 44.7 Å². The number of nitrogens with one attached hydrogen (secondary N) is 1. The van der Waals surface area contributed by atoms with Crippen LogP contribution in [0, 0.1) is 6.92 Å². The maximum atomic E-state index is 14.5. The van der Waals surface area contributed by atoms with Crippen molar-refractivity contribution in [3.8, 4) is 0 Å². The Balaban J connectivity index is 1.46. The Labute approximate surface area is 268 Å². The quantitative estimate of drug-likeness (QED) is 0.117. The fourth-order valence-electron chi connectivity index (χ4n) is 8.07. The number of carbonyl (C=O) groups is 2. The molecule has 1 aromatic heterocycles. The zero-order valence-electron chi connectivity index (χ0n) is 27.3. The van der Waals surface area contributed by atoms with E-state index in [0.29, 0.717) is 29.4 Å². The van der Waals surface area contributed by atoms with Crippen molar-refractivity contribution in [2.24, 2.45) is 0 Å². The third kappa shape index (κ3) is 4.04. The summed E-state index contributed by atoms with van der Waals surface area (Å²) >= 11 is 0. The van der Waals surface area contributed by atoms with E-state index in [0.717, 1.165) is 48.9 Å². The Hall–Kier alpha value is -5.02. The Bertz CT molecular complexity index is 2540. The predicted molar refractivity (Wildman–Crippen MR) is 194 cm³/mol. The number of aryl methyl sites for hydroxylation is 1. The molecule has 1 heterocycles. The number of ketones is 2. The normalized spacial score (nSPS) is 12.3. The highest BCUT2D eigenvalue weighted by molar-refractivity contribution is 6.40. The molecule has 46 heavy (non-hydrogen) atoms. The Kier molecular flexibility index (Phi) is 6.34. The summed E-state index contributed by atoms with van der Waals surface area (Å²) in [6.07, 6.45) is 0.305. The second kappa shape index (κ2) is 10.3. The van der Waals surface area contributed by atoms with E-state index in [1.165, 1.54) is 38.2 Å². The molecule has 0 aliphatic rings. The summed E-state index contributed by atoms with van der Waals surface area (Å²) in [6, 6.07) is 29.9. The molecule has 8 aromatic rings. The zero-order chi connectivity index (χ0) is 32.0. The monoisotopic (exact) mass is 599 g/mol. The van der Waals surface area contributed by atoms with Crippen molar-refractivity contribution in [1.29, 1.82) is 0 Å². The minimum atomic E-state index is -0.0337. The maximum Gasteiger partial charge on any atom is 0.167 e. The van der Waals surface area contributed by atoms with Gasteiger partial charge in [0.05, 0.1) is 0 Å². The van der Waals surface area contributed by atoms with E-state index in [-0.39, 0.29) is 11.6 Å². The van der Waals surface area contributed by atoms with Gasteiger partial charge in [0.1, 0.15) is 0 Å². The van der Waals surface area contributed by atoms with Gasteiger partial charge in [-0.25, -0.2) is 0 Å². The SMILES string of the molecule is CC(=O)c1ccc2c3cccc4c5c(cc(c6ccc(C(=O)Cc7c(C(C)C)cccc7C(C)C)c1c26)c34)[nH]c1cc(C)ccc15. The largest absolute Gasteiger partial charge is 0.354 e. The van der Waals surface area contributed by atoms with Crippen molar-refractivity contribution in [3.05, 3.63) is 118 Å². The fourth-order valence-corrected chi connectivity index (χ4v) is 8.07. The summed E-state index contributed by atoms with van der Waals surface area (Å²) in [5.41, 5.74) is 8.21. The first-order valence-corrected chi connectivity index (χ1v) is 16.4. The smallest absolute Gasteiger partial charge is 0.167 e. The van der Waals surface area contributed by atoms with E-state index >= 15 is 0 Å². The highest BCUT2D eigenvalue weighted by atomic mass is 16.1. The van der Waals surface area contributed by atoms with Crippen molar-refractivity contribution in [2.75, 3.05) is 0 Å². The molecule has 0 saturated heterocycles. The van der Waals surface area contributed by atoms with Crippen LogP contribution in [-0.4, -0.2) is 16.6 Å². The third-order valence-electron chi connectivity index (χ3n) is 10.1. The third-order valence-corrected chi connectivity index (χ3v) is 10.1. The lowest BCUT2D eigenvalue weighted by Gasteiger charge is -2.21. The second-order valence-corrected chi connectivity index (χ2v) is 13.7. The van der Waals surface area contributed by atoms with E-state index in [1.807, 2.05) is 12.1 Å². The molecule has 7 aromatic carbocycles. The van der Waals surface area contributed by atoms with Gasteiger partial charge in [-0.3, -0.25) is 9.59 Å². The molecule has 0 bridgehead atoms. The Morgan fingerprint density at radius 1 is 0.587 bits per heavy atom. The van der Waals surface area contributed by atoms with Gasteiger partial charge in [0.15, 0.2) is 11.6 Å². The van der Waals surface area contributed by atoms with Crippen molar-refractivity contribution < 1.29 is 9.59 Å². The van der Waals surface area contributed by atoms with Crippen LogP contribution in [0.4, 0.5) is 0 Å². The highest BCUT2D eigenvalue weighted by Gasteiger charge is 2.24. The number of H-pyrrole nitrogens is 1. The topological polar surface area (TPSA) is 49.9 Å². The predicted octanol–water partition coefficient (Wildman–Crippen LogP) is 11.6. The number of benzene rings is 7. The molecule has 8 rings (SSSR count). The second-order valence-electron chi connectivity index (χ2n) is 13.7. The van der Waals surface area contributed by atoms with Crippen LogP contribution in [0.25, 0.3) is 64.9 Å². The maximum absolute atomic E-state index is 14.5. The van der Waals surface area contributed by atoms with Crippen LogP contribution >= 0.6 is 0 Å². The molecule has 0 spiro atoms. The van der Waals surface area contributed by atoms with Crippen molar-refractivity contribution in [2.45, 2.75) is 59.8 Å². The summed E-state index contributed by atoms with van der Waals surface area (Å²) in [4.78, 5) is 31.4. The molecule has 0 unspecified atom stereocenters. The molecule has 0 atom stereocenters. The van der Waals surface area contributed by atoms with Crippen LogP contribution in [-0.2, 0) is 6.42 Å². The fraction of sp³-hybridized carbons (Fsp3) is 0.209. The summed E-state index contributed by atoms with van der Waals surface area (Å²) in [6.45, 7) is 12.5. The Morgan fingerprint density at radius 2 is 1.20 bits per heavy atom.